The topological polar surface area (TPSA) is 75.1 Å². The lowest BCUT2D eigenvalue weighted by Gasteiger charge is -2.00. The number of aliphatic hydroxyl groups excluding tert-OH is 1. The van der Waals surface area contributed by atoms with Crippen LogP contribution in [0.2, 0.25) is 0 Å². The molecule has 0 aliphatic heterocycles. The number of nitrogens with one attached hydrogen (secondary N) is 1. The number of amides is 1. The SMILES string of the molecule is O=C(NCCO)c1cncnc1. The molecule has 5 heteroatoms. The molecular formula is C7H9N3O2. The second-order valence-electron chi connectivity index (χ2n) is 2.11. The summed E-state index contributed by atoms with van der Waals surface area (Å²) >= 11 is 0. The molecule has 0 spiro atoms. The summed E-state index contributed by atoms with van der Waals surface area (Å²) in [5.41, 5.74) is 0.394. The number of carbonyl (C=O) groups excluding carboxylic acids is 1. The second kappa shape index (κ2) is 4.40. The summed E-state index contributed by atoms with van der Waals surface area (Å²) in [7, 11) is 0. The van der Waals surface area contributed by atoms with Gasteiger partial charge in [0.15, 0.2) is 0 Å². The molecule has 0 saturated heterocycles. The zero-order valence-electron chi connectivity index (χ0n) is 6.40. The van der Waals surface area contributed by atoms with Crippen molar-refractivity contribution >= 4 is 5.91 Å². The molecule has 0 radical (unpaired) electrons. The van der Waals surface area contributed by atoms with Crippen LogP contribution in [0.5, 0.6) is 0 Å². The normalized spacial score (nSPS) is 9.42. The Bertz CT molecular complexity index is 250. The van der Waals surface area contributed by atoms with E-state index < -0.39 is 0 Å². The van der Waals surface area contributed by atoms with Gasteiger partial charge in [-0.3, -0.25) is 4.79 Å². The number of nitrogens with zero attached hydrogens (tertiary/aromatic N) is 2. The number of hydrogen-bond acceptors (Lipinski definition) is 4. The Labute approximate surface area is 69.5 Å². The number of aliphatic hydroxyl groups is 1. The Balaban J connectivity index is 2.54. The molecule has 0 aliphatic rings. The van der Waals surface area contributed by atoms with Gasteiger partial charge in [0.2, 0.25) is 0 Å². The molecule has 0 fully saturated rings. The largest absolute Gasteiger partial charge is 0.395 e. The van der Waals surface area contributed by atoms with Gasteiger partial charge in [-0.1, -0.05) is 0 Å². The summed E-state index contributed by atoms with van der Waals surface area (Å²) in [6, 6.07) is 0. The van der Waals surface area contributed by atoms with E-state index in [-0.39, 0.29) is 19.1 Å². The number of rotatable bonds is 3. The Kier molecular flexibility index (Phi) is 3.16. The van der Waals surface area contributed by atoms with Crippen LogP contribution in [0.1, 0.15) is 10.4 Å². The highest BCUT2D eigenvalue weighted by Crippen LogP contribution is 1.90. The van der Waals surface area contributed by atoms with Gasteiger partial charge >= 0.3 is 0 Å². The first-order chi connectivity index (χ1) is 5.84. The fourth-order valence-electron chi connectivity index (χ4n) is 0.688. The van der Waals surface area contributed by atoms with Crippen LogP contribution < -0.4 is 5.32 Å². The molecule has 0 bridgehead atoms. The summed E-state index contributed by atoms with van der Waals surface area (Å²) in [5.74, 6) is -0.273. The lowest BCUT2D eigenvalue weighted by Crippen LogP contribution is -2.26. The standard InChI is InChI=1S/C7H9N3O2/c11-2-1-10-7(12)6-3-8-5-9-4-6/h3-5,11H,1-2H2,(H,10,12). The molecule has 1 aromatic rings. The smallest absolute Gasteiger partial charge is 0.254 e. The van der Waals surface area contributed by atoms with Crippen molar-refractivity contribution in [2.75, 3.05) is 13.2 Å². The van der Waals surface area contributed by atoms with Gasteiger partial charge in [-0.05, 0) is 0 Å². The van der Waals surface area contributed by atoms with E-state index in [0.717, 1.165) is 0 Å². The minimum absolute atomic E-state index is 0.0700. The van der Waals surface area contributed by atoms with E-state index in [1.807, 2.05) is 0 Å². The van der Waals surface area contributed by atoms with Crippen LogP contribution >= 0.6 is 0 Å². The van der Waals surface area contributed by atoms with Gasteiger partial charge in [0, 0.05) is 18.9 Å². The number of carbonyl (C=O) groups is 1. The van der Waals surface area contributed by atoms with Gasteiger partial charge in [0.1, 0.15) is 6.33 Å². The molecule has 0 unspecified atom stereocenters. The highest BCUT2D eigenvalue weighted by Gasteiger charge is 2.02. The molecule has 1 rings (SSSR count). The van der Waals surface area contributed by atoms with Crippen LogP contribution in [-0.2, 0) is 0 Å². The van der Waals surface area contributed by atoms with Gasteiger partial charge in [-0.2, -0.15) is 0 Å². The minimum Gasteiger partial charge on any atom is -0.395 e. The van der Waals surface area contributed by atoms with E-state index in [1.54, 1.807) is 0 Å². The third-order valence-electron chi connectivity index (χ3n) is 1.22. The maximum Gasteiger partial charge on any atom is 0.254 e. The van der Waals surface area contributed by atoms with Gasteiger partial charge in [-0.15, -0.1) is 0 Å². The molecular weight excluding hydrogens is 158 g/mol. The Morgan fingerprint density at radius 3 is 2.75 bits per heavy atom. The Morgan fingerprint density at radius 1 is 1.50 bits per heavy atom. The fraction of sp³-hybridized carbons (Fsp3) is 0.286. The molecule has 0 aromatic carbocycles. The van der Waals surface area contributed by atoms with E-state index in [2.05, 4.69) is 15.3 Å². The Morgan fingerprint density at radius 2 is 2.17 bits per heavy atom. The van der Waals surface area contributed by atoms with Crippen LogP contribution in [0.15, 0.2) is 18.7 Å². The first-order valence-corrected chi connectivity index (χ1v) is 3.48. The van der Waals surface area contributed by atoms with Crippen LogP contribution in [0.25, 0.3) is 0 Å². The van der Waals surface area contributed by atoms with Crippen LogP contribution in [0.3, 0.4) is 0 Å². The summed E-state index contributed by atoms with van der Waals surface area (Å²) in [4.78, 5) is 18.5. The number of hydrogen-bond donors (Lipinski definition) is 2. The van der Waals surface area contributed by atoms with Crippen molar-refractivity contribution in [3.8, 4) is 0 Å². The quantitative estimate of drug-likeness (QED) is 0.618. The highest BCUT2D eigenvalue weighted by atomic mass is 16.3. The van der Waals surface area contributed by atoms with E-state index in [1.165, 1.54) is 18.7 Å². The predicted octanol–water partition coefficient (Wildman–Crippen LogP) is -0.801. The summed E-state index contributed by atoms with van der Waals surface area (Å²) in [5, 5.41) is 10.9. The zero-order chi connectivity index (χ0) is 8.81. The highest BCUT2D eigenvalue weighted by molar-refractivity contribution is 5.93. The summed E-state index contributed by atoms with van der Waals surface area (Å²) in [6.07, 6.45) is 4.18. The van der Waals surface area contributed by atoms with Crippen molar-refractivity contribution in [2.24, 2.45) is 0 Å². The molecule has 0 saturated carbocycles. The fourth-order valence-corrected chi connectivity index (χ4v) is 0.688. The zero-order valence-corrected chi connectivity index (χ0v) is 6.40. The Hall–Kier alpha value is -1.49. The molecule has 0 aliphatic carbocycles. The van der Waals surface area contributed by atoms with Crippen molar-refractivity contribution in [1.29, 1.82) is 0 Å². The molecule has 5 nitrogen and oxygen atoms in total. The van der Waals surface area contributed by atoms with E-state index in [9.17, 15) is 4.79 Å². The second-order valence-corrected chi connectivity index (χ2v) is 2.11. The third-order valence-corrected chi connectivity index (χ3v) is 1.22. The lowest BCUT2D eigenvalue weighted by atomic mass is 10.3. The van der Waals surface area contributed by atoms with Crippen molar-refractivity contribution in [1.82, 2.24) is 15.3 Å². The molecule has 1 aromatic heterocycles. The molecule has 64 valence electrons. The van der Waals surface area contributed by atoms with Gasteiger partial charge in [-0.25, -0.2) is 9.97 Å². The molecule has 1 amide bonds. The third kappa shape index (κ3) is 2.28. The van der Waals surface area contributed by atoms with Gasteiger partial charge in [0.25, 0.3) is 5.91 Å². The van der Waals surface area contributed by atoms with E-state index in [0.29, 0.717) is 5.56 Å². The van der Waals surface area contributed by atoms with E-state index in [4.69, 9.17) is 5.11 Å². The molecule has 0 atom stereocenters. The first kappa shape index (κ1) is 8.61. The average Bonchev–Trinajstić information content (AvgIpc) is 2.15. The van der Waals surface area contributed by atoms with Crippen LogP contribution in [0.4, 0.5) is 0 Å². The van der Waals surface area contributed by atoms with Crippen molar-refractivity contribution < 1.29 is 9.90 Å². The molecule has 1 heterocycles. The average molecular weight is 167 g/mol. The lowest BCUT2D eigenvalue weighted by molar-refractivity contribution is 0.0944. The van der Waals surface area contributed by atoms with Crippen LogP contribution in [-0.4, -0.2) is 34.1 Å². The van der Waals surface area contributed by atoms with Crippen molar-refractivity contribution in [3.05, 3.63) is 24.3 Å². The molecule has 12 heavy (non-hydrogen) atoms. The minimum atomic E-state index is -0.273. The molecule has 2 N–H and O–H groups in total. The summed E-state index contributed by atoms with van der Waals surface area (Å²) < 4.78 is 0. The van der Waals surface area contributed by atoms with Gasteiger partial charge < -0.3 is 10.4 Å². The summed E-state index contributed by atoms with van der Waals surface area (Å²) in [6.45, 7) is 0.174. The van der Waals surface area contributed by atoms with E-state index >= 15 is 0 Å². The van der Waals surface area contributed by atoms with Crippen LogP contribution in [0, 0.1) is 0 Å². The van der Waals surface area contributed by atoms with Crippen molar-refractivity contribution in [2.45, 2.75) is 0 Å². The maximum absolute atomic E-state index is 11.1. The van der Waals surface area contributed by atoms with Gasteiger partial charge in [0.05, 0.1) is 12.2 Å². The first-order valence-electron chi connectivity index (χ1n) is 3.48. The number of aromatic nitrogens is 2. The van der Waals surface area contributed by atoms with Crippen molar-refractivity contribution in [3.63, 3.8) is 0 Å². The predicted molar refractivity (Wildman–Crippen MR) is 41.5 cm³/mol. The maximum atomic E-state index is 11.1. The monoisotopic (exact) mass is 167 g/mol.